The molecule has 3 N–H and O–H groups in total. The number of rotatable bonds is 5. The molecular formula is C17H26IN5O. The van der Waals surface area contributed by atoms with Crippen molar-refractivity contribution < 1.29 is 4.79 Å². The fraction of sp³-hybridized carbons (Fsp3) is 0.529. The predicted octanol–water partition coefficient (Wildman–Crippen LogP) is 1.46. The maximum absolute atomic E-state index is 11.5. The third kappa shape index (κ3) is 5.54. The van der Waals surface area contributed by atoms with Crippen molar-refractivity contribution in [3.05, 3.63) is 29.8 Å². The number of hydrogen-bond acceptors (Lipinski definition) is 3. The Morgan fingerprint density at radius 2 is 2.08 bits per heavy atom. The minimum absolute atomic E-state index is 0. The number of carbonyl (C=O) groups excluding carboxylic acids is 1. The van der Waals surface area contributed by atoms with Gasteiger partial charge in [0, 0.05) is 31.4 Å². The van der Waals surface area contributed by atoms with Crippen LogP contribution in [0.25, 0.3) is 0 Å². The molecule has 1 saturated carbocycles. The molecule has 1 aliphatic heterocycles. The van der Waals surface area contributed by atoms with Crippen molar-refractivity contribution in [2.75, 3.05) is 31.1 Å². The summed E-state index contributed by atoms with van der Waals surface area (Å²) in [5.41, 5.74) is 2.26. The third-order valence-corrected chi connectivity index (χ3v) is 4.02. The summed E-state index contributed by atoms with van der Waals surface area (Å²) in [6, 6.07) is 8.92. The van der Waals surface area contributed by atoms with Gasteiger partial charge >= 0.3 is 0 Å². The third-order valence-electron chi connectivity index (χ3n) is 4.02. The van der Waals surface area contributed by atoms with E-state index in [4.69, 9.17) is 0 Å². The lowest BCUT2D eigenvalue weighted by Crippen LogP contribution is -2.47. The Morgan fingerprint density at radius 1 is 1.33 bits per heavy atom. The average Bonchev–Trinajstić information content (AvgIpc) is 3.37. The zero-order valence-electron chi connectivity index (χ0n) is 14.0. The number of aliphatic imine (C=N–C) groups is 1. The molecule has 1 amide bonds. The van der Waals surface area contributed by atoms with Crippen LogP contribution in [0.1, 0.15) is 25.3 Å². The highest BCUT2D eigenvalue weighted by Gasteiger charge is 2.22. The van der Waals surface area contributed by atoms with E-state index in [9.17, 15) is 4.79 Å². The van der Waals surface area contributed by atoms with Crippen LogP contribution in [0.15, 0.2) is 29.3 Å². The predicted molar refractivity (Wildman–Crippen MR) is 108 cm³/mol. The molecule has 6 nitrogen and oxygen atoms in total. The van der Waals surface area contributed by atoms with Crippen LogP contribution >= 0.6 is 24.0 Å². The number of carbonyl (C=O) groups is 1. The first-order valence-corrected chi connectivity index (χ1v) is 8.40. The number of benzene rings is 1. The van der Waals surface area contributed by atoms with Crippen molar-refractivity contribution in [1.29, 1.82) is 0 Å². The quantitative estimate of drug-likeness (QED) is 0.366. The minimum Gasteiger partial charge on any atom is -0.360 e. The number of guanidine groups is 1. The highest BCUT2D eigenvalue weighted by atomic mass is 127. The molecule has 1 aromatic carbocycles. The summed E-state index contributed by atoms with van der Waals surface area (Å²) in [4.78, 5) is 18.2. The van der Waals surface area contributed by atoms with Crippen molar-refractivity contribution in [2.24, 2.45) is 4.99 Å². The molecule has 3 rings (SSSR count). The Labute approximate surface area is 160 Å². The highest BCUT2D eigenvalue weighted by molar-refractivity contribution is 14.0. The van der Waals surface area contributed by atoms with Crippen LogP contribution in [0.5, 0.6) is 0 Å². The molecule has 0 aromatic heterocycles. The van der Waals surface area contributed by atoms with Crippen LogP contribution in [0, 0.1) is 0 Å². The highest BCUT2D eigenvalue weighted by Crippen LogP contribution is 2.19. The minimum atomic E-state index is 0. The molecule has 7 heteroatoms. The molecule has 2 fully saturated rings. The van der Waals surface area contributed by atoms with Gasteiger partial charge < -0.3 is 20.9 Å². The van der Waals surface area contributed by atoms with Gasteiger partial charge in [-0.15, -0.1) is 24.0 Å². The van der Waals surface area contributed by atoms with Gasteiger partial charge in [-0.3, -0.25) is 4.79 Å². The number of anilines is 1. The summed E-state index contributed by atoms with van der Waals surface area (Å²) >= 11 is 0. The molecular weight excluding hydrogens is 417 g/mol. The Bertz CT molecular complexity index is 571. The van der Waals surface area contributed by atoms with Gasteiger partial charge in [0.15, 0.2) is 5.96 Å². The number of amides is 1. The van der Waals surface area contributed by atoms with Crippen molar-refractivity contribution >= 4 is 41.5 Å². The summed E-state index contributed by atoms with van der Waals surface area (Å²) in [5.74, 6) is 0.984. The Hall–Kier alpha value is -1.51. The monoisotopic (exact) mass is 443 g/mol. The normalized spacial score (nSPS) is 17.8. The first kappa shape index (κ1) is 18.8. The van der Waals surface area contributed by atoms with Crippen LogP contribution in [-0.2, 0) is 11.3 Å². The standard InChI is InChI=1S/C17H25N5O.HI/c1-2-18-17(21-14-5-6-14)20-11-13-3-7-15(8-4-13)22-10-9-19-16(23)12-22;/h3-4,7-8,14H,2,5-6,9-12H2,1H3,(H,19,23)(H2,18,20,21);1H. The number of piperazine rings is 1. The van der Waals surface area contributed by atoms with E-state index in [0.717, 1.165) is 24.7 Å². The number of nitrogens with zero attached hydrogens (tertiary/aromatic N) is 2. The van der Waals surface area contributed by atoms with Gasteiger partial charge in [0.05, 0.1) is 13.1 Å². The van der Waals surface area contributed by atoms with E-state index in [2.05, 4.69) is 57.0 Å². The Kier molecular flexibility index (Phi) is 7.14. The second-order valence-electron chi connectivity index (χ2n) is 6.05. The molecule has 1 aliphatic carbocycles. The lowest BCUT2D eigenvalue weighted by Gasteiger charge is -2.28. The van der Waals surface area contributed by atoms with Crippen LogP contribution in [-0.4, -0.2) is 44.1 Å². The molecule has 24 heavy (non-hydrogen) atoms. The van der Waals surface area contributed by atoms with Crippen LogP contribution in [0.4, 0.5) is 5.69 Å². The van der Waals surface area contributed by atoms with Crippen molar-refractivity contribution in [2.45, 2.75) is 32.4 Å². The van der Waals surface area contributed by atoms with E-state index in [1.165, 1.54) is 18.4 Å². The van der Waals surface area contributed by atoms with E-state index in [0.29, 0.717) is 25.7 Å². The fourth-order valence-corrected chi connectivity index (χ4v) is 2.58. The van der Waals surface area contributed by atoms with E-state index >= 15 is 0 Å². The molecule has 132 valence electrons. The summed E-state index contributed by atoms with van der Waals surface area (Å²) in [6.45, 7) is 5.61. The van der Waals surface area contributed by atoms with E-state index in [-0.39, 0.29) is 29.9 Å². The average molecular weight is 443 g/mol. The van der Waals surface area contributed by atoms with Gasteiger partial charge in [-0.25, -0.2) is 4.99 Å². The number of hydrogen-bond donors (Lipinski definition) is 3. The zero-order chi connectivity index (χ0) is 16.1. The van der Waals surface area contributed by atoms with E-state index in [1.807, 2.05) is 0 Å². The molecule has 0 atom stereocenters. The van der Waals surface area contributed by atoms with Gasteiger partial charge in [-0.1, -0.05) is 12.1 Å². The second kappa shape index (κ2) is 9.10. The van der Waals surface area contributed by atoms with Gasteiger partial charge in [-0.05, 0) is 37.5 Å². The van der Waals surface area contributed by atoms with E-state index in [1.54, 1.807) is 0 Å². The van der Waals surface area contributed by atoms with Crippen LogP contribution in [0.3, 0.4) is 0 Å². The van der Waals surface area contributed by atoms with Gasteiger partial charge in [0.2, 0.25) is 5.91 Å². The molecule has 1 heterocycles. The zero-order valence-corrected chi connectivity index (χ0v) is 16.4. The lowest BCUT2D eigenvalue weighted by molar-refractivity contribution is -0.120. The van der Waals surface area contributed by atoms with Gasteiger partial charge in [0.1, 0.15) is 0 Å². The second-order valence-corrected chi connectivity index (χ2v) is 6.05. The molecule has 0 radical (unpaired) electrons. The maximum atomic E-state index is 11.5. The van der Waals surface area contributed by atoms with Crippen molar-refractivity contribution in [3.63, 3.8) is 0 Å². The van der Waals surface area contributed by atoms with Gasteiger partial charge in [0.25, 0.3) is 0 Å². The first-order valence-electron chi connectivity index (χ1n) is 8.40. The molecule has 1 aromatic rings. The first-order chi connectivity index (χ1) is 11.2. The Morgan fingerprint density at radius 3 is 2.71 bits per heavy atom. The smallest absolute Gasteiger partial charge is 0.239 e. The van der Waals surface area contributed by atoms with Crippen LogP contribution in [0.2, 0.25) is 0 Å². The topological polar surface area (TPSA) is 68.8 Å². The molecule has 2 aliphatic rings. The van der Waals surface area contributed by atoms with E-state index < -0.39 is 0 Å². The number of halogens is 1. The van der Waals surface area contributed by atoms with Crippen molar-refractivity contribution in [3.8, 4) is 0 Å². The lowest BCUT2D eigenvalue weighted by atomic mass is 10.2. The maximum Gasteiger partial charge on any atom is 0.239 e. The molecule has 0 bridgehead atoms. The summed E-state index contributed by atoms with van der Waals surface area (Å²) in [6.07, 6.45) is 2.48. The molecule has 0 unspecified atom stereocenters. The Balaban J connectivity index is 0.00000208. The molecule has 1 saturated heterocycles. The molecule has 0 spiro atoms. The van der Waals surface area contributed by atoms with Crippen LogP contribution < -0.4 is 20.9 Å². The van der Waals surface area contributed by atoms with Crippen molar-refractivity contribution in [1.82, 2.24) is 16.0 Å². The summed E-state index contributed by atoms with van der Waals surface area (Å²) < 4.78 is 0. The summed E-state index contributed by atoms with van der Waals surface area (Å²) in [7, 11) is 0. The van der Waals surface area contributed by atoms with Gasteiger partial charge in [-0.2, -0.15) is 0 Å². The fourth-order valence-electron chi connectivity index (χ4n) is 2.58. The SMILES string of the molecule is CCNC(=NCc1ccc(N2CCNC(=O)C2)cc1)NC1CC1.I. The number of nitrogens with one attached hydrogen (secondary N) is 3. The summed E-state index contributed by atoms with van der Waals surface area (Å²) in [5, 5.41) is 9.54. The largest absolute Gasteiger partial charge is 0.360 e.